The second kappa shape index (κ2) is 9.87. The smallest absolute Gasteiger partial charge is 0.309 e. The summed E-state index contributed by atoms with van der Waals surface area (Å²) in [7, 11) is 1.36. The molecule has 5 aliphatic carbocycles. The number of hydrogen-bond acceptors (Lipinski definition) is 5. The van der Waals surface area contributed by atoms with Crippen molar-refractivity contribution >= 4 is 17.8 Å². The van der Waals surface area contributed by atoms with E-state index in [4.69, 9.17) is 9.47 Å². The molecule has 7 atom stereocenters. The number of nitrogens with one attached hydrogen (secondary N) is 2. The van der Waals surface area contributed by atoms with E-state index in [1.54, 1.807) is 6.92 Å². The lowest BCUT2D eigenvalue weighted by Gasteiger charge is -2.60. The van der Waals surface area contributed by atoms with E-state index in [2.05, 4.69) is 10.6 Å². The molecule has 5 fully saturated rings. The minimum absolute atomic E-state index is 0.0632. The molecule has 40 heavy (non-hydrogen) atoms. The molecule has 0 aliphatic heterocycles. The molecule has 1 aromatic carbocycles. The molecule has 3 unspecified atom stereocenters. The summed E-state index contributed by atoms with van der Waals surface area (Å²) < 4.78 is 40.2. The van der Waals surface area contributed by atoms with Gasteiger partial charge in [0, 0.05) is 30.0 Å². The highest BCUT2D eigenvalue weighted by molar-refractivity contribution is 5.98. The highest BCUT2D eigenvalue weighted by Crippen LogP contribution is 2.56. The van der Waals surface area contributed by atoms with Crippen molar-refractivity contribution < 1.29 is 37.7 Å². The van der Waals surface area contributed by atoms with Gasteiger partial charge in [-0.2, -0.15) is 0 Å². The third-order valence-corrected chi connectivity index (χ3v) is 10.8. The molecule has 6 rings (SSSR count). The molecular formula is C30H38F2N2O6. The van der Waals surface area contributed by atoms with E-state index in [9.17, 15) is 28.3 Å². The molecule has 3 N–H and O–H groups in total. The minimum atomic E-state index is -0.848. The van der Waals surface area contributed by atoms with Gasteiger partial charge in [0.25, 0.3) is 5.91 Å². The third-order valence-electron chi connectivity index (χ3n) is 10.8. The lowest BCUT2D eigenvalue weighted by molar-refractivity contribution is -0.150. The second-order valence-corrected chi connectivity index (χ2v) is 13.0. The lowest BCUT2D eigenvalue weighted by Crippen LogP contribution is -2.72. The van der Waals surface area contributed by atoms with E-state index in [0.29, 0.717) is 32.1 Å². The number of carbonyl (C=O) groups is 3. The summed E-state index contributed by atoms with van der Waals surface area (Å²) in [5.41, 5.74) is -1.12. The van der Waals surface area contributed by atoms with E-state index in [0.717, 1.165) is 38.2 Å². The van der Waals surface area contributed by atoms with Gasteiger partial charge in [-0.05, 0) is 82.6 Å². The first-order valence-electron chi connectivity index (χ1n) is 14.6. The van der Waals surface area contributed by atoms with Gasteiger partial charge < -0.3 is 25.2 Å². The summed E-state index contributed by atoms with van der Waals surface area (Å²) in [6.07, 6.45) is 5.22. The molecule has 0 saturated heterocycles. The number of carboxylic acids is 1. The fourth-order valence-corrected chi connectivity index (χ4v) is 8.12. The largest absolute Gasteiger partial charge is 0.496 e. The number of methoxy groups -OCH3 is 1. The lowest BCUT2D eigenvalue weighted by atomic mass is 9.52. The van der Waals surface area contributed by atoms with Crippen LogP contribution in [-0.4, -0.2) is 53.9 Å². The summed E-state index contributed by atoms with van der Waals surface area (Å²) in [5, 5.41) is 15.7. The summed E-state index contributed by atoms with van der Waals surface area (Å²) in [6, 6.07) is 2.10. The predicted molar refractivity (Wildman–Crippen MR) is 140 cm³/mol. The Morgan fingerprint density at radius 2 is 1.75 bits per heavy atom. The van der Waals surface area contributed by atoms with Gasteiger partial charge in [-0.1, -0.05) is 0 Å². The number of aliphatic carboxylic acids is 1. The van der Waals surface area contributed by atoms with Crippen LogP contribution in [0.4, 0.5) is 8.78 Å². The van der Waals surface area contributed by atoms with Crippen molar-refractivity contribution in [2.75, 3.05) is 7.11 Å². The number of carbonyl (C=O) groups excluding carboxylic acids is 2. The highest BCUT2D eigenvalue weighted by atomic mass is 19.1. The molecule has 0 radical (unpaired) electrons. The zero-order valence-electron chi connectivity index (χ0n) is 23.0. The topological polar surface area (TPSA) is 114 Å². The number of fused-ring (bicyclic) bond motifs is 3. The Labute approximate surface area is 232 Å². The van der Waals surface area contributed by atoms with Crippen LogP contribution in [-0.2, 0) is 9.59 Å². The van der Waals surface area contributed by atoms with Gasteiger partial charge in [0.1, 0.15) is 11.9 Å². The summed E-state index contributed by atoms with van der Waals surface area (Å²) >= 11 is 0. The number of hydrogen-bond donors (Lipinski definition) is 3. The molecule has 5 saturated carbocycles. The number of alkyl halides is 1. The quantitative estimate of drug-likeness (QED) is 0.435. The van der Waals surface area contributed by atoms with Crippen LogP contribution in [0, 0.1) is 34.9 Å². The highest BCUT2D eigenvalue weighted by Gasteiger charge is 2.62. The summed E-state index contributed by atoms with van der Waals surface area (Å²) in [5.74, 6) is -2.24. The van der Waals surface area contributed by atoms with Gasteiger partial charge in [0.05, 0.1) is 30.1 Å². The molecule has 0 aromatic heterocycles. The van der Waals surface area contributed by atoms with Crippen LogP contribution in [0.25, 0.3) is 0 Å². The predicted octanol–water partition coefficient (Wildman–Crippen LogP) is 4.40. The number of halogens is 2. The van der Waals surface area contributed by atoms with Gasteiger partial charge in [-0.3, -0.25) is 14.4 Å². The van der Waals surface area contributed by atoms with E-state index in [-0.39, 0.29) is 58.8 Å². The average molecular weight is 561 g/mol. The molecule has 218 valence electrons. The van der Waals surface area contributed by atoms with E-state index in [1.807, 2.05) is 0 Å². The number of rotatable bonds is 8. The fraction of sp³-hybridized carbons (Fsp3) is 0.700. The van der Waals surface area contributed by atoms with E-state index in [1.165, 1.54) is 13.2 Å². The molecule has 5 aliphatic rings. The monoisotopic (exact) mass is 560 g/mol. The summed E-state index contributed by atoms with van der Waals surface area (Å²) in [6.45, 7) is 1.71. The van der Waals surface area contributed by atoms with E-state index >= 15 is 0 Å². The third kappa shape index (κ3) is 4.42. The molecule has 8 nitrogen and oxygen atoms in total. The molecule has 2 amide bonds. The Hall–Kier alpha value is -2.91. The molecule has 0 spiro atoms. The minimum Gasteiger partial charge on any atom is -0.496 e. The van der Waals surface area contributed by atoms with Crippen LogP contribution in [0.5, 0.6) is 11.5 Å². The number of benzene rings is 1. The Kier molecular flexibility index (Phi) is 6.73. The average Bonchev–Trinajstić information content (AvgIpc) is 3.52. The maximum atomic E-state index is 15.0. The Balaban J connectivity index is 1.16. The number of ether oxygens (including phenoxy) is 2. The standard InChI is InChI=1S/C30H38F2N2O6/c1-29(28(37)38)8-5-17(6-9-29)40-23-12-18(22(39-2)13-20(23)31)26(35)33-25-16-4-3-15(11-16)24(25)27(36)34-30-10-7-19(30)21(32)14-30/h12-13,15-17,19,21,24-25H,3-11,14H2,1-2H3,(H,33,35)(H,34,36)(H,37,38)/t15-,16+,17-,19?,21?,24+,25-,29+,30?/m1/s1. The van der Waals surface area contributed by atoms with Crippen molar-refractivity contribution in [1.82, 2.24) is 10.6 Å². The van der Waals surface area contributed by atoms with Crippen LogP contribution >= 0.6 is 0 Å². The molecule has 10 heteroatoms. The van der Waals surface area contributed by atoms with Gasteiger partial charge in [0.15, 0.2) is 11.6 Å². The van der Waals surface area contributed by atoms with Crippen molar-refractivity contribution in [2.24, 2.45) is 29.1 Å². The van der Waals surface area contributed by atoms with Gasteiger partial charge in [-0.15, -0.1) is 0 Å². The van der Waals surface area contributed by atoms with Crippen molar-refractivity contribution in [1.29, 1.82) is 0 Å². The van der Waals surface area contributed by atoms with Gasteiger partial charge >= 0.3 is 5.97 Å². The zero-order valence-corrected chi connectivity index (χ0v) is 23.0. The molecule has 2 bridgehead atoms. The first-order valence-corrected chi connectivity index (χ1v) is 14.6. The van der Waals surface area contributed by atoms with Crippen molar-refractivity contribution in [3.63, 3.8) is 0 Å². The molecule has 1 aromatic rings. The van der Waals surface area contributed by atoms with Crippen molar-refractivity contribution in [2.45, 2.75) is 95.0 Å². The molecular weight excluding hydrogens is 522 g/mol. The van der Waals surface area contributed by atoms with E-state index < -0.39 is 34.8 Å². The Bertz CT molecular complexity index is 1220. The van der Waals surface area contributed by atoms with Crippen molar-refractivity contribution in [3.8, 4) is 11.5 Å². The summed E-state index contributed by atoms with van der Waals surface area (Å²) in [4.78, 5) is 38.6. The van der Waals surface area contributed by atoms with Crippen LogP contribution in [0.15, 0.2) is 12.1 Å². The second-order valence-electron chi connectivity index (χ2n) is 13.0. The Morgan fingerprint density at radius 1 is 1.02 bits per heavy atom. The van der Waals surface area contributed by atoms with Gasteiger partial charge in [0.2, 0.25) is 5.91 Å². The fourth-order valence-electron chi connectivity index (χ4n) is 8.12. The molecule has 0 heterocycles. The number of amides is 2. The van der Waals surface area contributed by atoms with Crippen LogP contribution in [0.3, 0.4) is 0 Å². The maximum Gasteiger partial charge on any atom is 0.309 e. The first kappa shape index (κ1) is 27.3. The van der Waals surface area contributed by atoms with Crippen LogP contribution in [0.1, 0.15) is 81.5 Å². The first-order chi connectivity index (χ1) is 19.0. The number of carboxylic acid groups (broad SMARTS) is 1. The van der Waals surface area contributed by atoms with Crippen LogP contribution in [0.2, 0.25) is 0 Å². The normalized spacial score (nSPS) is 39.4. The zero-order chi connectivity index (χ0) is 28.4. The SMILES string of the molecule is COc1cc(F)c(O[C@H]2CC[C@@](C)(C(=O)O)CC2)cc1C(=O)N[C@@H]1[C@H]2CC[C@H](C2)[C@@H]1C(=O)NC12CCC1C(F)C2. The van der Waals surface area contributed by atoms with Crippen LogP contribution < -0.4 is 20.1 Å². The van der Waals surface area contributed by atoms with Gasteiger partial charge in [-0.25, -0.2) is 8.78 Å². The Morgan fingerprint density at radius 3 is 2.35 bits per heavy atom. The van der Waals surface area contributed by atoms with Crippen molar-refractivity contribution in [3.05, 3.63) is 23.5 Å². The maximum absolute atomic E-state index is 15.0.